The van der Waals surface area contributed by atoms with Crippen LogP contribution in [0.1, 0.15) is 53.2 Å². The first kappa shape index (κ1) is 17.7. The van der Waals surface area contributed by atoms with E-state index in [9.17, 15) is 4.79 Å². The van der Waals surface area contributed by atoms with Gasteiger partial charge in [0.15, 0.2) is 0 Å². The SMILES string of the molecule is CCCNC(=O)c1cccc2c1NC(c1cccc(OC)c1)C1CC=CC21. The summed E-state index contributed by atoms with van der Waals surface area (Å²) in [6.07, 6.45) is 6.52. The zero-order valence-corrected chi connectivity index (χ0v) is 15.9. The van der Waals surface area contributed by atoms with E-state index in [1.54, 1.807) is 7.11 Å². The molecule has 2 aliphatic rings. The lowest BCUT2D eigenvalue weighted by atomic mass is 9.76. The number of carbonyl (C=O) groups is 1. The van der Waals surface area contributed by atoms with Gasteiger partial charge in [0.2, 0.25) is 0 Å². The van der Waals surface area contributed by atoms with E-state index >= 15 is 0 Å². The van der Waals surface area contributed by atoms with Gasteiger partial charge < -0.3 is 15.4 Å². The number of fused-ring (bicyclic) bond motifs is 3. The number of nitrogens with one attached hydrogen (secondary N) is 2. The van der Waals surface area contributed by atoms with Crippen LogP contribution in [-0.4, -0.2) is 19.6 Å². The highest BCUT2D eigenvalue weighted by Crippen LogP contribution is 2.50. The predicted molar refractivity (Wildman–Crippen MR) is 108 cm³/mol. The van der Waals surface area contributed by atoms with Crippen LogP contribution in [-0.2, 0) is 0 Å². The molecule has 4 nitrogen and oxygen atoms in total. The monoisotopic (exact) mass is 362 g/mol. The van der Waals surface area contributed by atoms with Gasteiger partial charge in [-0.15, -0.1) is 0 Å². The van der Waals surface area contributed by atoms with Gasteiger partial charge in [0, 0.05) is 12.5 Å². The zero-order chi connectivity index (χ0) is 18.8. The number of carbonyl (C=O) groups excluding carboxylic acids is 1. The lowest BCUT2D eigenvalue weighted by molar-refractivity contribution is 0.0954. The molecule has 0 saturated carbocycles. The van der Waals surface area contributed by atoms with Crippen LogP contribution < -0.4 is 15.4 Å². The van der Waals surface area contributed by atoms with Crippen LogP contribution >= 0.6 is 0 Å². The first-order chi connectivity index (χ1) is 13.2. The van der Waals surface area contributed by atoms with E-state index < -0.39 is 0 Å². The smallest absolute Gasteiger partial charge is 0.253 e. The van der Waals surface area contributed by atoms with Crippen molar-refractivity contribution < 1.29 is 9.53 Å². The second kappa shape index (κ2) is 7.47. The molecule has 2 aromatic rings. The number of hydrogen-bond donors (Lipinski definition) is 2. The molecule has 0 radical (unpaired) electrons. The molecular formula is C23H26N2O2. The van der Waals surface area contributed by atoms with E-state index in [-0.39, 0.29) is 11.9 Å². The summed E-state index contributed by atoms with van der Waals surface area (Å²) in [4.78, 5) is 12.7. The fourth-order valence-corrected chi connectivity index (χ4v) is 4.31. The number of benzene rings is 2. The molecule has 1 amide bonds. The zero-order valence-electron chi connectivity index (χ0n) is 15.9. The van der Waals surface area contributed by atoms with Crippen LogP contribution in [0.25, 0.3) is 0 Å². The number of para-hydroxylation sites is 1. The van der Waals surface area contributed by atoms with E-state index in [0.717, 1.165) is 29.8 Å². The Labute approximate surface area is 160 Å². The van der Waals surface area contributed by atoms with Gasteiger partial charge in [0.1, 0.15) is 5.75 Å². The van der Waals surface area contributed by atoms with Crippen molar-refractivity contribution >= 4 is 11.6 Å². The molecule has 3 unspecified atom stereocenters. The Morgan fingerprint density at radius 1 is 1.26 bits per heavy atom. The third kappa shape index (κ3) is 3.20. The third-order valence-corrected chi connectivity index (χ3v) is 5.63. The topological polar surface area (TPSA) is 50.4 Å². The average Bonchev–Trinajstić information content (AvgIpc) is 3.21. The highest BCUT2D eigenvalue weighted by molar-refractivity contribution is 6.00. The summed E-state index contributed by atoms with van der Waals surface area (Å²) in [6.45, 7) is 2.75. The van der Waals surface area contributed by atoms with Crippen molar-refractivity contribution in [2.45, 2.75) is 31.7 Å². The lowest BCUT2D eigenvalue weighted by Gasteiger charge is -2.38. The van der Waals surface area contributed by atoms with Crippen molar-refractivity contribution in [1.82, 2.24) is 5.32 Å². The summed E-state index contributed by atoms with van der Waals surface area (Å²) < 4.78 is 5.43. The second-order valence-corrected chi connectivity index (χ2v) is 7.28. The molecule has 4 rings (SSSR count). The number of hydrogen-bond acceptors (Lipinski definition) is 3. The van der Waals surface area contributed by atoms with Crippen molar-refractivity contribution in [2.24, 2.45) is 5.92 Å². The summed E-state index contributed by atoms with van der Waals surface area (Å²) in [7, 11) is 1.69. The second-order valence-electron chi connectivity index (χ2n) is 7.28. The highest BCUT2D eigenvalue weighted by Gasteiger charge is 2.39. The summed E-state index contributed by atoms with van der Waals surface area (Å²) in [6, 6.07) is 14.4. The summed E-state index contributed by atoms with van der Waals surface area (Å²) >= 11 is 0. The Bertz CT molecular complexity index is 874. The largest absolute Gasteiger partial charge is 0.497 e. The van der Waals surface area contributed by atoms with Crippen LogP contribution in [0, 0.1) is 5.92 Å². The maximum absolute atomic E-state index is 12.7. The molecule has 1 aliphatic carbocycles. The van der Waals surface area contributed by atoms with Crippen molar-refractivity contribution in [3.63, 3.8) is 0 Å². The number of methoxy groups -OCH3 is 1. The highest BCUT2D eigenvalue weighted by atomic mass is 16.5. The quantitative estimate of drug-likeness (QED) is 0.761. The van der Waals surface area contributed by atoms with Crippen LogP contribution in [0.15, 0.2) is 54.6 Å². The number of anilines is 1. The van der Waals surface area contributed by atoms with Crippen molar-refractivity contribution in [2.75, 3.05) is 19.0 Å². The molecule has 0 aromatic heterocycles. The van der Waals surface area contributed by atoms with E-state index in [1.807, 2.05) is 24.3 Å². The molecule has 3 atom stereocenters. The first-order valence-corrected chi connectivity index (χ1v) is 9.71. The normalized spacial score (nSPS) is 22.5. The van der Waals surface area contributed by atoms with Crippen LogP contribution in [0.3, 0.4) is 0 Å². The number of allylic oxidation sites excluding steroid dienone is 2. The number of amides is 1. The Balaban J connectivity index is 1.75. The summed E-state index contributed by atoms with van der Waals surface area (Å²) in [5, 5.41) is 6.72. The predicted octanol–water partition coefficient (Wildman–Crippen LogP) is 4.66. The molecule has 0 bridgehead atoms. The Hall–Kier alpha value is -2.75. The van der Waals surface area contributed by atoms with Crippen LogP contribution in [0.2, 0.25) is 0 Å². The van der Waals surface area contributed by atoms with Gasteiger partial charge in [0.25, 0.3) is 5.91 Å². The number of rotatable bonds is 5. The maximum atomic E-state index is 12.7. The standard InChI is InChI=1S/C23H26N2O2/c1-3-13-24-23(26)20-12-6-11-19-17-9-5-10-18(17)21(25-22(19)20)15-7-4-8-16(14-15)27-2/h4-9,11-12,14,17-18,21,25H,3,10,13H2,1-2H3,(H,24,26). The minimum absolute atomic E-state index is 0.00832. The fraction of sp³-hybridized carbons (Fsp3) is 0.348. The van der Waals surface area contributed by atoms with E-state index in [4.69, 9.17) is 4.74 Å². The van der Waals surface area contributed by atoms with Crippen LogP contribution in [0.5, 0.6) is 5.75 Å². The lowest BCUT2D eigenvalue weighted by Crippen LogP contribution is -2.32. The molecule has 27 heavy (non-hydrogen) atoms. The molecule has 4 heteroatoms. The Kier molecular flexibility index (Phi) is 4.88. The fourth-order valence-electron chi connectivity index (χ4n) is 4.31. The van der Waals surface area contributed by atoms with Crippen molar-refractivity contribution in [1.29, 1.82) is 0 Å². The van der Waals surface area contributed by atoms with Gasteiger partial charge in [-0.1, -0.05) is 43.3 Å². The number of ether oxygens (including phenoxy) is 1. The first-order valence-electron chi connectivity index (χ1n) is 9.71. The van der Waals surface area contributed by atoms with Gasteiger partial charge in [-0.05, 0) is 48.1 Å². The Morgan fingerprint density at radius 3 is 2.93 bits per heavy atom. The molecule has 1 aliphatic heterocycles. The molecule has 2 N–H and O–H groups in total. The van der Waals surface area contributed by atoms with Gasteiger partial charge in [-0.3, -0.25) is 4.79 Å². The summed E-state index contributed by atoms with van der Waals surface area (Å²) in [5.74, 6) is 1.62. The molecule has 0 spiro atoms. The average molecular weight is 362 g/mol. The van der Waals surface area contributed by atoms with Crippen LogP contribution in [0.4, 0.5) is 5.69 Å². The van der Waals surface area contributed by atoms with Gasteiger partial charge >= 0.3 is 0 Å². The third-order valence-electron chi connectivity index (χ3n) is 5.63. The molecule has 0 saturated heterocycles. The minimum Gasteiger partial charge on any atom is -0.497 e. The molecular weight excluding hydrogens is 336 g/mol. The van der Waals surface area contributed by atoms with Gasteiger partial charge in [0.05, 0.1) is 24.4 Å². The van der Waals surface area contributed by atoms with E-state index in [2.05, 4.69) is 47.9 Å². The van der Waals surface area contributed by atoms with Gasteiger partial charge in [-0.2, -0.15) is 0 Å². The molecule has 0 fully saturated rings. The maximum Gasteiger partial charge on any atom is 0.253 e. The van der Waals surface area contributed by atoms with Gasteiger partial charge in [-0.25, -0.2) is 0 Å². The molecule has 140 valence electrons. The molecule has 1 heterocycles. The Morgan fingerprint density at radius 2 is 2.11 bits per heavy atom. The minimum atomic E-state index is -0.00832. The van der Waals surface area contributed by atoms with E-state index in [0.29, 0.717) is 18.4 Å². The summed E-state index contributed by atoms with van der Waals surface area (Å²) in [5.41, 5.74) is 4.11. The van der Waals surface area contributed by atoms with E-state index in [1.165, 1.54) is 11.1 Å². The van der Waals surface area contributed by atoms with Crippen molar-refractivity contribution in [3.8, 4) is 5.75 Å². The molecule has 2 aromatic carbocycles. The van der Waals surface area contributed by atoms with Crippen molar-refractivity contribution in [3.05, 3.63) is 71.3 Å².